The van der Waals surface area contributed by atoms with Crippen LogP contribution in [0.5, 0.6) is 5.75 Å². The number of nitrogens with zero attached hydrogens (tertiary/aromatic N) is 3. The van der Waals surface area contributed by atoms with E-state index < -0.39 is 33.4 Å². The number of hydrogen-bond acceptors (Lipinski definition) is 7. The Bertz CT molecular complexity index is 1560. The van der Waals surface area contributed by atoms with Crippen LogP contribution >= 0.6 is 0 Å². The van der Waals surface area contributed by atoms with Crippen LogP contribution in [0.3, 0.4) is 0 Å². The molecule has 1 aliphatic rings. The third kappa shape index (κ3) is 7.50. The molecular formula is C31H36N4O7S. The topological polar surface area (TPSA) is 139 Å². The van der Waals surface area contributed by atoms with Gasteiger partial charge >= 0.3 is 0 Å². The van der Waals surface area contributed by atoms with Crippen molar-refractivity contribution in [2.45, 2.75) is 63.1 Å². The number of hydrogen-bond donors (Lipinski definition) is 1. The first kappa shape index (κ1) is 31.5. The summed E-state index contributed by atoms with van der Waals surface area (Å²) in [6.45, 7) is 2.56. The van der Waals surface area contributed by atoms with Crippen LogP contribution in [-0.4, -0.2) is 55.8 Å². The molecule has 1 saturated carbocycles. The number of ether oxygens (including phenoxy) is 1. The van der Waals surface area contributed by atoms with Crippen molar-refractivity contribution in [3.63, 3.8) is 0 Å². The fourth-order valence-electron chi connectivity index (χ4n) is 5.11. The van der Waals surface area contributed by atoms with Crippen LogP contribution in [0.2, 0.25) is 0 Å². The van der Waals surface area contributed by atoms with E-state index in [0.29, 0.717) is 11.3 Å². The number of amides is 2. The van der Waals surface area contributed by atoms with Gasteiger partial charge in [-0.25, -0.2) is 8.42 Å². The van der Waals surface area contributed by atoms with E-state index >= 15 is 0 Å². The van der Waals surface area contributed by atoms with Gasteiger partial charge in [-0.05, 0) is 62.6 Å². The van der Waals surface area contributed by atoms with Crippen molar-refractivity contribution in [1.82, 2.24) is 10.2 Å². The minimum Gasteiger partial charge on any atom is -0.497 e. The molecule has 1 aliphatic carbocycles. The average Bonchev–Trinajstić information content (AvgIpc) is 3.51. The van der Waals surface area contributed by atoms with Crippen LogP contribution in [0, 0.1) is 17.0 Å². The summed E-state index contributed by atoms with van der Waals surface area (Å²) in [6, 6.07) is 18.0. The predicted molar refractivity (Wildman–Crippen MR) is 162 cm³/mol. The SMILES string of the molecule is COc1ccc(N(CC(=O)N(Cc2ccccc2)[C@@H](C)C(=O)NC2CCCC2)S(=O)(=O)c2ccc(C)c([N+](=O)[O-])c2)cc1. The van der Waals surface area contributed by atoms with Gasteiger partial charge < -0.3 is 15.0 Å². The first-order valence-electron chi connectivity index (χ1n) is 14.1. The molecule has 3 aromatic rings. The highest BCUT2D eigenvalue weighted by molar-refractivity contribution is 7.92. The molecule has 0 unspecified atom stereocenters. The minimum absolute atomic E-state index is 0.0390. The summed E-state index contributed by atoms with van der Waals surface area (Å²) in [5.74, 6) is -0.454. The molecule has 12 heteroatoms. The number of nitro benzene ring substituents is 1. The van der Waals surface area contributed by atoms with Crippen LogP contribution in [0.25, 0.3) is 0 Å². The van der Waals surface area contributed by atoms with Gasteiger partial charge in [0.1, 0.15) is 18.3 Å². The monoisotopic (exact) mass is 608 g/mol. The molecular weight excluding hydrogens is 572 g/mol. The number of benzene rings is 3. The van der Waals surface area contributed by atoms with Crippen molar-refractivity contribution in [2.24, 2.45) is 0 Å². The predicted octanol–water partition coefficient (Wildman–Crippen LogP) is 4.58. The molecule has 0 saturated heterocycles. The first-order chi connectivity index (χ1) is 20.5. The Morgan fingerprint density at radius 2 is 1.70 bits per heavy atom. The summed E-state index contributed by atoms with van der Waals surface area (Å²) < 4.78 is 34.2. The molecule has 0 aliphatic heterocycles. The van der Waals surface area contributed by atoms with Gasteiger partial charge in [0.2, 0.25) is 11.8 Å². The zero-order valence-electron chi connectivity index (χ0n) is 24.4. The Hall–Kier alpha value is -4.45. The maximum absolute atomic E-state index is 14.1. The van der Waals surface area contributed by atoms with Crippen LogP contribution in [0.1, 0.15) is 43.7 Å². The summed E-state index contributed by atoms with van der Waals surface area (Å²) >= 11 is 0. The van der Waals surface area contributed by atoms with E-state index in [4.69, 9.17) is 4.74 Å². The number of nitro groups is 1. The third-order valence-electron chi connectivity index (χ3n) is 7.67. The van der Waals surface area contributed by atoms with E-state index in [1.807, 2.05) is 30.3 Å². The number of carbonyl (C=O) groups is 2. The number of aryl methyl sites for hydroxylation is 1. The Morgan fingerprint density at radius 3 is 2.30 bits per heavy atom. The Balaban J connectivity index is 1.72. The van der Waals surface area contributed by atoms with E-state index in [9.17, 15) is 28.1 Å². The van der Waals surface area contributed by atoms with Gasteiger partial charge in [-0.1, -0.05) is 49.2 Å². The van der Waals surface area contributed by atoms with Crippen LogP contribution in [0.15, 0.2) is 77.7 Å². The maximum atomic E-state index is 14.1. The van der Waals surface area contributed by atoms with Crippen molar-refractivity contribution in [2.75, 3.05) is 18.0 Å². The molecule has 4 rings (SSSR count). The minimum atomic E-state index is -4.47. The summed E-state index contributed by atoms with van der Waals surface area (Å²) in [5, 5.41) is 14.6. The van der Waals surface area contributed by atoms with Crippen molar-refractivity contribution >= 4 is 33.2 Å². The molecule has 3 aromatic carbocycles. The van der Waals surface area contributed by atoms with Crippen molar-refractivity contribution in [3.05, 3.63) is 94.0 Å². The van der Waals surface area contributed by atoms with E-state index in [0.717, 1.165) is 41.6 Å². The van der Waals surface area contributed by atoms with Gasteiger partial charge in [0.15, 0.2) is 0 Å². The molecule has 0 bridgehead atoms. The van der Waals surface area contributed by atoms with Gasteiger partial charge in [-0.15, -0.1) is 0 Å². The third-order valence-corrected chi connectivity index (χ3v) is 9.44. The second-order valence-electron chi connectivity index (χ2n) is 10.6. The van der Waals surface area contributed by atoms with Crippen molar-refractivity contribution in [3.8, 4) is 5.75 Å². The lowest BCUT2D eigenvalue weighted by atomic mass is 10.1. The number of methoxy groups -OCH3 is 1. The largest absolute Gasteiger partial charge is 0.497 e. The summed E-state index contributed by atoms with van der Waals surface area (Å²) in [7, 11) is -3.00. The number of carbonyl (C=O) groups excluding carboxylic acids is 2. The number of anilines is 1. The molecule has 0 heterocycles. The van der Waals surface area contributed by atoms with Gasteiger partial charge in [-0.3, -0.25) is 24.0 Å². The second kappa shape index (κ2) is 13.7. The molecule has 0 spiro atoms. The van der Waals surface area contributed by atoms with Crippen LogP contribution < -0.4 is 14.4 Å². The Morgan fingerprint density at radius 1 is 1.05 bits per heavy atom. The fourth-order valence-corrected chi connectivity index (χ4v) is 6.54. The van der Waals surface area contributed by atoms with Gasteiger partial charge in [-0.2, -0.15) is 0 Å². The van der Waals surface area contributed by atoms with Crippen molar-refractivity contribution < 1.29 is 27.7 Å². The van der Waals surface area contributed by atoms with Crippen LogP contribution in [-0.2, 0) is 26.2 Å². The van der Waals surface area contributed by atoms with Gasteiger partial charge in [0, 0.05) is 24.2 Å². The van der Waals surface area contributed by atoms with E-state index in [1.54, 1.807) is 19.1 Å². The molecule has 0 radical (unpaired) electrons. The lowest BCUT2D eigenvalue weighted by molar-refractivity contribution is -0.385. The zero-order valence-corrected chi connectivity index (χ0v) is 25.2. The molecule has 1 N–H and O–H groups in total. The molecule has 43 heavy (non-hydrogen) atoms. The van der Waals surface area contributed by atoms with E-state index in [2.05, 4.69) is 5.32 Å². The Labute approximate surface area is 251 Å². The standard InChI is InChI=1S/C31H36N4O7S/c1-22-13-18-28(19-29(22)35(38)39)43(40,41)34(26-14-16-27(42-3)17-15-26)21-30(36)33(20-24-9-5-4-6-10-24)23(2)31(37)32-25-11-7-8-12-25/h4-6,9-10,13-19,23,25H,7-8,11-12,20-21H2,1-3H3,(H,32,37)/t23-/m0/s1. The number of sulfonamides is 1. The smallest absolute Gasteiger partial charge is 0.273 e. The molecule has 11 nitrogen and oxygen atoms in total. The van der Waals surface area contributed by atoms with Crippen LogP contribution in [0.4, 0.5) is 11.4 Å². The summed E-state index contributed by atoms with van der Waals surface area (Å²) in [4.78, 5) is 39.3. The highest BCUT2D eigenvalue weighted by Crippen LogP contribution is 2.29. The molecule has 2 amide bonds. The van der Waals surface area contributed by atoms with Gasteiger partial charge in [0.05, 0.1) is 22.6 Å². The molecule has 1 fully saturated rings. The highest BCUT2D eigenvalue weighted by Gasteiger charge is 2.34. The average molecular weight is 609 g/mol. The molecule has 1 atom stereocenters. The quantitative estimate of drug-likeness (QED) is 0.234. The number of rotatable bonds is 12. The number of nitrogens with one attached hydrogen (secondary N) is 1. The molecule has 0 aromatic heterocycles. The molecule has 228 valence electrons. The maximum Gasteiger partial charge on any atom is 0.273 e. The second-order valence-corrected chi connectivity index (χ2v) is 12.5. The fraction of sp³-hybridized carbons (Fsp3) is 0.355. The lowest BCUT2D eigenvalue weighted by Gasteiger charge is -2.32. The normalized spacial score (nSPS) is 14.1. The summed E-state index contributed by atoms with van der Waals surface area (Å²) in [5.41, 5.74) is 0.863. The lowest BCUT2D eigenvalue weighted by Crippen LogP contribution is -2.52. The van der Waals surface area contributed by atoms with Crippen molar-refractivity contribution in [1.29, 1.82) is 0 Å². The highest BCUT2D eigenvalue weighted by atomic mass is 32.2. The van der Waals surface area contributed by atoms with E-state index in [1.165, 1.54) is 43.2 Å². The Kier molecular flexibility index (Phi) is 10.0. The first-order valence-corrected chi connectivity index (χ1v) is 15.5. The van der Waals surface area contributed by atoms with Gasteiger partial charge in [0.25, 0.3) is 15.7 Å². The summed E-state index contributed by atoms with van der Waals surface area (Å²) in [6.07, 6.45) is 3.80. The van der Waals surface area contributed by atoms with E-state index in [-0.39, 0.29) is 34.8 Å². The zero-order chi connectivity index (χ0) is 31.1.